The van der Waals surface area contributed by atoms with Crippen LogP contribution in [0.2, 0.25) is 0 Å². The second kappa shape index (κ2) is 21.5. The Morgan fingerprint density at radius 2 is 0.536 bits per heavy atom. The van der Waals surface area contributed by atoms with E-state index >= 15 is 0 Å². The van der Waals surface area contributed by atoms with E-state index in [1.807, 2.05) is 0 Å². The van der Waals surface area contributed by atoms with Crippen LogP contribution in [0.4, 0.5) is 0 Å². The summed E-state index contributed by atoms with van der Waals surface area (Å²) in [6.45, 7) is 0. The molecule has 16 heterocycles. The van der Waals surface area contributed by atoms with E-state index in [0.717, 1.165) is 154 Å². The lowest BCUT2D eigenvalue weighted by atomic mass is 9.89. The molecule has 0 saturated carbocycles. The molecule has 0 saturated heterocycles. The summed E-state index contributed by atoms with van der Waals surface area (Å²) < 4.78 is 0. The van der Waals surface area contributed by atoms with Crippen LogP contribution in [0.15, 0.2) is 229 Å². The van der Waals surface area contributed by atoms with Gasteiger partial charge in [-0.1, -0.05) is 48.5 Å². The Kier molecular flexibility index (Phi) is 13.2. The number of hydrogen-bond donors (Lipinski definition) is 2. The van der Waals surface area contributed by atoms with E-state index in [0.29, 0.717) is 0 Å². The second-order valence-electron chi connectivity index (χ2n) is 19.7. The summed E-state index contributed by atoms with van der Waals surface area (Å²) in [4.78, 5) is 30.9. The fourth-order valence-corrected chi connectivity index (χ4v) is 20.8. The zero-order valence-electron chi connectivity index (χ0n) is 43.6. The van der Waals surface area contributed by atoms with Crippen LogP contribution < -0.4 is 10.7 Å². The first-order valence-electron chi connectivity index (χ1n) is 26.6. The Labute approximate surface area is 530 Å². The van der Waals surface area contributed by atoms with Crippen LogP contribution >= 0.6 is 136 Å². The molecule has 0 amide bonds. The van der Waals surface area contributed by atoms with E-state index in [1.165, 1.54) is 19.5 Å². The molecule has 14 aromatic heterocycles. The highest BCUT2D eigenvalue weighted by Crippen LogP contribution is 2.56. The maximum atomic E-state index is 6.37. The number of rotatable bonds is 12. The van der Waals surface area contributed by atoms with E-state index < -0.39 is 0 Å². The van der Waals surface area contributed by atoms with Crippen molar-refractivity contribution < 1.29 is 0 Å². The summed E-state index contributed by atoms with van der Waals surface area (Å²) in [6.07, 6.45) is 0. The van der Waals surface area contributed by atoms with E-state index in [4.69, 9.17) is 9.98 Å². The van der Waals surface area contributed by atoms with Crippen molar-refractivity contribution in [2.24, 2.45) is 9.98 Å². The van der Waals surface area contributed by atoms with Gasteiger partial charge >= 0.3 is 0 Å². The highest BCUT2D eigenvalue weighted by Gasteiger charge is 2.40. The summed E-state index contributed by atoms with van der Waals surface area (Å²) in [7, 11) is 0. The number of aromatic nitrogens is 2. The number of fused-ring (bicyclic) bond motifs is 10. The average molecular weight is 1300 g/mol. The molecule has 0 aromatic carbocycles. The fourth-order valence-electron chi connectivity index (χ4n) is 11.9. The third-order valence-corrected chi connectivity index (χ3v) is 25.1. The Balaban J connectivity index is 1.20. The molecule has 14 aromatic rings. The van der Waals surface area contributed by atoms with Gasteiger partial charge in [-0.3, -0.25) is 0 Å². The molecule has 1 aliphatic carbocycles. The van der Waals surface area contributed by atoms with Crippen molar-refractivity contribution in [2.75, 3.05) is 0 Å². The number of nitrogens with zero attached hydrogens (tertiary/aromatic N) is 2. The van der Waals surface area contributed by atoms with Gasteiger partial charge in [-0.15, -0.1) is 90.7 Å². The van der Waals surface area contributed by atoms with Crippen LogP contribution in [0.25, 0.3) is 86.3 Å². The van der Waals surface area contributed by atoms with E-state index in [2.05, 4.69) is 217 Å². The molecule has 4 nitrogen and oxygen atoms in total. The monoisotopic (exact) mass is 1290 g/mol. The molecule has 3 aliphatic rings. The topological polar surface area (TPSA) is 56.3 Å². The van der Waals surface area contributed by atoms with Crippen molar-refractivity contribution in [1.29, 1.82) is 0 Å². The molecule has 0 fully saturated rings. The second-order valence-corrected chi connectivity index (χ2v) is 30.4. The number of thiophene rings is 12. The normalized spacial score (nSPS) is 14.6. The van der Waals surface area contributed by atoms with Crippen molar-refractivity contribution in [3.05, 3.63) is 283 Å². The van der Waals surface area contributed by atoms with Gasteiger partial charge in [-0.2, -0.15) is 45.3 Å². The van der Waals surface area contributed by atoms with Crippen LogP contribution in [-0.4, -0.2) is 21.4 Å². The van der Waals surface area contributed by atoms with Crippen molar-refractivity contribution in [2.45, 2.75) is 0 Å². The van der Waals surface area contributed by atoms with E-state index in [9.17, 15) is 0 Å². The Bertz CT molecular complexity index is 4700. The van der Waals surface area contributed by atoms with E-state index in [-0.39, 0.29) is 0 Å². The Hall–Kier alpha value is -7.00. The van der Waals surface area contributed by atoms with Gasteiger partial charge in [0.1, 0.15) is 0 Å². The largest absolute Gasteiger partial charge is 0.353 e. The van der Waals surface area contributed by atoms with E-state index in [1.54, 1.807) is 136 Å². The molecule has 0 atom stereocenters. The number of allylic oxidation sites excluding steroid dienone is 4. The lowest BCUT2D eigenvalue weighted by Gasteiger charge is -2.14. The number of hydrogen-bond acceptors (Lipinski definition) is 14. The maximum absolute atomic E-state index is 6.37. The van der Waals surface area contributed by atoms with Crippen molar-refractivity contribution in [3.8, 4) is 41.8 Å². The molecule has 0 unspecified atom stereocenters. The highest BCUT2D eigenvalue weighted by molar-refractivity contribution is 7.16. The molecule has 84 heavy (non-hydrogen) atoms. The molecule has 17 rings (SSSR count). The molecular formula is C68H38N4S12. The number of H-pyrrole nitrogens is 2. The SMILES string of the molecule is c1csc(C2=C(c3cccs3)C3=C(c4ccsc4)c4[nH]c(c(-c5cccs5)c4-c4cccs4)C(c4ccsc4)=C4N=C(C(c5cccs5)=C4c4cccs4)C(c4ccsc4)=c4[nH]c(c(-c5cccs5)c4-c4cccs4)=C(c4ccsc4)C2=N3)c1. The van der Waals surface area contributed by atoms with Crippen LogP contribution in [0.1, 0.15) is 53.2 Å². The van der Waals surface area contributed by atoms with Crippen LogP contribution in [-0.2, 0) is 0 Å². The predicted octanol–water partition coefficient (Wildman–Crippen LogP) is 21.5. The van der Waals surface area contributed by atoms with Crippen molar-refractivity contribution in [3.63, 3.8) is 0 Å². The van der Waals surface area contributed by atoms with Crippen LogP contribution in [0.5, 0.6) is 0 Å². The predicted molar refractivity (Wildman–Crippen MR) is 374 cm³/mol. The third-order valence-electron chi connectivity index (χ3n) is 15.2. The number of nitrogens with one attached hydrogen (secondary N) is 2. The highest BCUT2D eigenvalue weighted by atomic mass is 32.1. The molecule has 0 spiro atoms. The standard InChI is InChI=1S/C68H38N4S12/c1-9-41(77-21-1)53-54(42-10-2-22-78-42)62-50(38-18-30-74-34-38)64-57(45-13-5-25-81-45)58(46-14-6-26-82-46)66(71-64)52(40-20-32-76-36-40)68-60(48-16-8-28-84-48)59(47-15-7-27-83-47)67(72-68)51(39-19-31-75-35-39)65-56(44-12-4-24-80-44)55(43-11-3-23-79-43)63(70-65)49(61(53)69-62)37-17-29-73-33-37/h1-36,69,72H. The minimum Gasteiger partial charge on any atom is -0.353 e. The smallest absolute Gasteiger partial charge is 0.0831 e. The molecule has 2 N–H and O–H groups in total. The van der Waals surface area contributed by atoms with Gasteiger partial charge in [0, 0.05) is 106 Å². The first-order chi connectivity index (χ1) is 41.7. The van der Waals surface area contributed by atoms with Crippen LogP contribution in [0.3, 0.4) is 0 Å². The lowest BCUT2D eigenvalue weighted by molar-refractivity contribution is 1.25. The van der Waals surface area contributed by atoms with Crippen molar-refractivity contribution in [1.82, 2.24) is 9.97 Å². The molecule has 0 radical (unpaired) electrons. The first kappa shape index (κ1) is 51.4. The van der Waals surface area contributed by atoms with Crippen LogP contribution in [0, 0.1) is 0 Å². The Morgan fingerprint density at radius 1 is 0.250 bits per heavy atom. The number of aromatic amines is 2. The first-order valence-corrected chi connectivity index (χ1v) is 37.4. The quantitative estimate of drug-likeness (QED) is 0.122. The third kappa shape index (κ3) is 8.41. The molecule has 402 valence electrons. The van der Waals surface area contributed by atoms with Gasteiger partial charge < -0.3 is 9.97 Å². The van der Waals surface area contributed by atoms with Gasteiger partial charge in [0.15, 0.2) is 0 Å². The fraction of sp³-hybridized carbons (Fsp3) is 0. The minimum atomic E-state index is 0.927. The lowest BCUT2D eigenvalue weighted by Crippen LogP contribution is -2.23. The van der Waals surface area contributed by atoms with Gasteiger partial charge in [0.05, 0.1) is 44.9 Å². The summed E-state index contributed by atoms with van der Waals surface area (Å²) in [6, 6.07) is 45.1. The zero-order chi connectivity index (χ0) is 55.2. The average Bonchev–Trinajstić information content (AvgIpc) is 1.90. The summed E-state index contributed by atoms with van der Waals surface area (Å²) >= 11 is 21.1. The van der Waals surface area contributed by atoms with Gasteiger partial charge in [0.2, 0.25) is 0 Å². The number of aliphatic imine (C=N–C) groups is 2. The Morgan fingerprint density at radius 3 is 0.821 bits per heavy atom. The minimum absolute atomic E-state index is 0.927. The van der Waals surface area contributed by atoms with Gasteiger partial charge in [-0.05, 0) is 181 Å². The maximum Gasteiger partial charge on any atom is 0.0831 e. The zero-order valence-corrected chi connectivity index (χ0v) is 53.4. The molecule has 16 heteroatoms. The summed E-state index contributed by atoms with van der Waals surface area (Å²) in [5.74, 6) is 0. The summed E-state index contributed by atoms with van der Waals surface area (Å²) in [5.41, 5.74) is 23.4. The summed E-state index contributed by atoms with van der Waals surface area (Å²) in [5, 5.41) is 37.9. The van der Waals surface area contributed by atoms with Crippen molar-refractivity contribution >= 4 is 192 Å². The van der Waals surface area contributed by atoms with Gasteiger partial charge in [0.25, 0.3) is 0 Å². The molecule has 8 bridgehead atoms. The molecular weight excluding hydrogens is 1260 g/mol. The molecule has 2 aliphatic heterocycles. The van der Waals surface area contributed by atoms with Gasteiger partial charge in [-0.25, -0.2) is 9.98 Å².